The molecule has 3 unspecified atom stereocenters. The molecule has 2 aromatic rings. The van der Waals surface area contributed by atoms with Gasteiger partial charge in [-0.3, -0.25) is 24.1 Å². The Morgan fingerprint density at radius 1 is 1.30 bits per heavy atom. The van der Waals surface area contributed by atoms with E-state index >= 15 is 0 Å². The molecule has 11 nitrogen and oxygen atoms in total. The van der Waals surface area contributed by atoms with Gasteiger partial charge in [-0.1, -0.05) is 34.0 Å². The van der Waals surface area contributed by atoms with Crippen molar-refractivity contribution < 1.29 is 24.3 Å². The summed E-state index contributed by atoms with van der Waals surface area (Å²) in [5, 5.41) is 23.7. The summed E-state index contributed by atoms with van der Waals surface area (Å²) in [5.41, 5.74) is 0.181. The maximum atomic E-state index is 12.8. The number of nitrogens with one attached hydrogen (secondary N) is 2. The number of amides is 3. The molecule has 0 radical (unpaired) electrons. The fourth-order valence-corrected chi connectivity index (χ4v) is 7.75. The first kappa shape index (κ1) is 23.9. The van der Waals surface area contributed by atoms with Crippen molar-refractivity contribution in [3.8, 4) is 0 Å². The summed E-state index contributed by atoms with van der Waals surface area (Å²) < 4.78 is -0.115. The molecular weight excluding hydrogens is 531 g/mol. The van der Waals surface area contributed by atoms with E-state index in [4.69, 9.17) is 0 Å². The summed E-state index contributed by atoms with van der Waals surface area (Å²) >= 11 is 8.87. The Morgan fingerprint density at radius 3 is 2.70 bits per heavy atom. The number of hydrogen-bond acceptors (Lipinski definition) is 12. The van der Waals surface area contributed by atoms with Gasteiger partial charge in [0.15, 0.2) is 0 Å². The summed E-state index contributed by atoms with van der Waals surface area (Å²) in [4.78, 5) is 61.4. The molecule has 33 heavy (non-hydrogen) atoms. The van der Waals surface area contributed by atoms with Crippen molar-refractivity contribution in [1.29, 1.82) is 0 Å². The Bertz CT molecular complexity index is 1230. The molecule has 1 saturated heterocycles. The van der Waals surface area contributed by atoms with Gasteiger partial charge in [0.1, 0.15) is 22.1 Å². The number of carbonyl (C=O) groups is 4. The van der Waals surface area contributed by atoms with Gasteiger partial charge in [-0.15, -0.1) is 22.0 Å². The van der Waals surface area contributed by atoms with Crippen LogP contribution in [0.3, 0.4) is 0 Å². The van der Waals surface area contributed by atoms with E-state index in [2.05, 4.69) is 33.5 Å². The third-order valence-corrected chi connectivity index (χ3v) is 9.55. The molecule has 3 N–H and O–H groups in total. The van der Waals surface area contributed by atoms with E-state index in [1.807, 2.05) is 0 Å². The fraction of sp³-hybridized carbons (Fsp3) is 0.353. The molecule has 4 rings (SSSR count). The number of nitrogens with zero attached hydrogens (tertiary/aromatic N) is 3. The van der Waals surface area contributed by atoms with Crippen LogP contribution in [-0.2, 0) is 25.6 Å². The minimum atomic E-state index is -1.29. The zero-order valence-corrected chi connectivity index (χ0v) is 20.8. The average molecular weight is 546 g/mol. The molecule has 3 atom stereocenters. The molecule has 2 aliphatic heterocycles. The highest BCUT2D eigenvalue weighted by atomic mass is 32.2. The molecule has 0 aromatic carbocycles. The molecule has 3 amide bonds. The van der Waals surface area contributed by atoms with Crippen LogP contribution in [0.4, 0.5) is 5.13 Å². The highest BCUT2D eigenvalue weighted by Gasteiger charge is 2.54. The normalized spacial score (nSPS) is 20.7. The monoisotopic (exact) mass is 545 g/mol. The Hall–Kier alpha value is -2.27. The molecule has 4 heterocycles. The second-order valence-corrected chi connectivity index (χ2v) is 11.7. The summed E-state index contributed by atoms with van der Waals surface area (Å²) in [5.74, 6) is -2.31. The predicted octanol–water partition coefficient (Wildman–Crippen LogP) is 0.932. The third kappa shape index (κ3) is 4.84. The van der Waals surface area contributed by atoms with Crippen LogP contribution in [-0.4, -0.2) is 61.1 Å². The van der Waals surface area contributed by atoms with E-state index < -0.39 is 34.4 Å². The van der Waals surface area contributed by atoms with Gasteiger partial charge in [0.05, 0.1) is 11.7 Å². The fourth-order valence-electron chi connectivity index (χ4n) is 3.28. The maximum Gasteiger partial charge on any atom is 0.352 e. The van der Waals surface area contributed by atoms with E-state index in [0.717, 1.165) is 38.9 Å². The Morgan fingerprint density at radius 2 is 2.06 bits per heavy atom. The van der Waals surface area contributed by atoms with E-state index in [9.17, 15) is 29.1 Å². The second kappa shape index (κ2) is 9.54. The van der Waals surface area contributed by atoms with Gasteiger partial charge >= 0.3 is 5.97 Å². The van der Waals surface area contributed by atoms with Gasteiger partial charge in [0.25, 0.3) is 9.96 Å². The number of carboxylic acid groups (broad SMARTS) is 1. The van der Waals surface area contributed by atoms with Crippen LogP contribution in [0.5, 0.6) is 0 Å². The molecule has 2 aromatic heterocycles. The van der Waals surface area contributed by atoms with Crippen LogP contribution in [0.15, 0.2) is 21.4 Å². The standard InChI is InChI=1S/C17H15N5O6S5/c1-5(23)18-16-21-20-12(33-16)11(29)7-4-30-14-9(13(25)22(14)10(7)15(26)27)19-8(24)2-6-3-31-17(28)32-6/h3,9,11,14,29H,2,4H2,1H3,(H,19,24)(H,26,27)(H,18,21,23). The second-order valence-electron chi connectivity index (χ2n) is 6.89. The van der Waals surface area contributed by atoms with Gasteiger partial charge in [0, 0.05) is 22.9 Å². The number of carbonyl (C=O) groups excluding carboxylic acids is 3. The number of fused-ring (bicyclic) bond motifs is 1. The lowest BCUT2D eigenvalue weighted by Gasteiger charge is -2.49. The van der Waals surface area contributed by atoms with Crippen LogP contribution in [0.2, 0.25) is 0 Å². The van der Waals surface area contributed by atoms with Gasteiger partial charge < -0.3 is 15.7 Å². The summed E-state index contributed by atoms with van der Waals surface area (Å²) in [7, 11) is 0. The zero-order valence-electron chi connectivity index (χ0n) is 16.6. The molecule has 0 spiro atoms. The molecule has 174 valence electrons. The van der Waals surface area contributed by atoms with E-state index in [1.165, 1.54) is 18.7 Å². The highest BCUT2D eigenvalue weighted by molar-refractivity contribution is 8.00. The average Bonchev–Trinajstić information content (AvgIpc) is 3.38. The van der Waals surface area contributed by atoms with Gasteiger partial charge in [-0.2, -0.15) is 12.6 Å². The van der Waals surface area contributed by atoms with Crippen LogP contribution < -0.4 is 14.7 Å². The van der Waals surface area contributed by atoms with E-state index in [1.54, 1.807) is 5.38 Å². The smallest absolute Gasteiger partial charge is 0.352 e. The Balaban J connectivity index is 1.51. The molecule has 2 aliphatic rings. The molecule has 0 saturated carbocycles. The van der Waals surface area contributed by atoms with Crippen LogP contribution in [0.25, 0.3) is 0 Å². The number of thioether (sulfide) groups is 1. The molecule has 1 fully saturated rings. The van der Waals surface area contributed by atoms with Crippen molar-refractivity contribution >= 4 is 87.2 Å². The number of rotatable bonds is 7. The predicted molar refractivity (Wildman–Crippen MR) is 128 cm³/mol. The quantitative estimate of drug-likeness (QED) is 0.293. The lowest BCUT2D eigenvalue weighted by Crippen LogP contribution is -2.70. The van der Waals surface area contributed by atoms with Gasteiger partial charge in [-0.25, -0.2) is 4.79 Å². The SMILES string of the molecule is CC(=O)Nc1nnc(C(S)C2=C(C(=O)O)N3C(=O)C(NC(=O)Cc4csc(=O)s4)C3SC2)s1. The Kier molecular flexibility index (Phi) is 6.90. The molecule has 0 bridgehead atoms. The number of carboxylic acids is 1. The number of β-lactam (4-membered cyclic amide) rings is 1. The minimum absolute atomic E-state index is 0.0240. The van der Waals surface area contributed by atoms with Crippen LogP contribution in [0.1, 0.15) is 22.1 Å². The van der Waals surface area contributed by atoms with E-state index in [0.29, 0.717) is 15.5 Å². The first-order valence-corrected chi connectivity index (χ1v) is 13.3. The van der Waals surface area contributed by atoms with Crippen molar-refractivity contribution in [3.05, 3.63) is 35.4 Å². The lowest BCUT2D eigenvalue weighted by atomic mass is 10.0. The van der Waals surface area contributed by atoms with Crippen molar-refractivity contribution in [2.45, 2.75) is 30.0 Å². The number of thiol groups is 1. The topological polar surface area (TPSA) is 159 Å². The van der Waals surface area contributed by atoms with Crippen molar-refractivity contribution in [2.24, 2.45) is 0 Å². The van der Waals surface area contributed by atoms with Gasteiger partial charge in [0.2, 0.25) is 16.9 Å². The number of hydrogen-bond donors (Lipinski definition) is 4. The van der Waals surface area contributed by atoms with E-state index in [-0.39, 0.29) is 33.0 Å². The Labute approximate surface area is 207 Å². The first-order valence-electron chi connectivity index (χ1n) is 9.22. The number of aliphatic carboxylic acids is 1. The summed E-state index contributed by atoms with van der Waals surface area (Å²) in [6, 6.07) is -0.861. The lowest BCUT2D eigenvalue weighted by molar-refractivity contribution is -0.150. The number of aromatic nitrogens is 2. The molecule has 0 aliphatic carbocycles. The highest BCUT2D eigenvalue weighted by Crippen LogP contribution is 2.45. The van der Waals surface area contributed by atoms with Crippen LogP contribution >= 0.6 is 58.4 Å². The largest absolute Gasteiger partial charge is 0.477 e. The van der Waals surface area contributed by atoms with Crippen LogP contribution in [0, 0.1) is 0 Å². The molecule has 16 heteroatoms. The van der Waals surface area contributed by atoms with Gasteiger partial charge in [-0.05, 0) is 5.57 Å². The van der Waals surface area contributed by atoms with Crippen molar-refractivity contribution in [1.82, 2.24) is 20.4 Å². The maximum absolute atomic E-state index is 12.8. The van der Waals surface area contributed by atoms with Crippen molar-refractivity contribution in [3.63, 3.8) is 0 Å². The summed E-state index contributed by atoms with van der Waals surface area (Å²) in [6.07, 6.45) is -0.0240. The third-order valence-electron chi connectivity index (χ3n) is 4.64. The first-order chi connectivity index (χ1) is 15.7. The number of anilines is 1. The molecular formula is C17H15N5O6S5. The minimum Gasteiger partial charge on any atom is -0.477 e. The summed E-state index contributed by atoms with van der Waals surface area (Å²) in [6.45, 7) is 1.33. The zero-order chi connectivity index (χ0) is 23.9. The van der Waals surface area contributed by atoms with Crippen molar-refractivity contribution in [2.75, 3.05) is 11.1 Å².